The van der Waals surface area contributed by atoms with Gasteiger partial charge in [-0.15, -0.1) is 0 Å². The first kappa shape index (κ1) is 28.4. The molecule has 3 N–H and O–H groups in total. The Labute approximate surface area is 243 Å². The number of likely N-dealkylation sites (tertiary alicyclic amines) is 1. The van der Waals surface area contributed by atoms with Gasteiger partial charge >= 0.3 is 6.16 Å². The molecule has 0 aromatic heterocycles. The molecule has 1 heterocycles. The lowest BCUT2D eigenvalue weighted by Gasteiger charge is -2.56. The number of aryl methyl sites for hydroxylation is 1. The molecule has 6 rings (SSSR count). The van der Waals surface area contributed by atoms with E-state index >= 15 is 0 Å². The number of ether oxygens (including phenoxy) is 2. The van der Waals surface area contributed by atoms with Crippen molar-refractivity contribution in [3.05, 3.63) is 59.2 Å². The van der Waals surface area contributed by atoms with Gasteiger partial charge in [0.15, 0.2) is 0 Å². The van der Waals surface area contributed by atoms with Crippen molar-refractivity contribution in [3.8, 4) is 11.5 Å². The van der Waals surface area contributed by atoms with E-state index in [1.54, 1.807) is 0 Å². The zero-order valence-electron chi connectivity index (χ0n) is 24.3. The number of nitrogens with zero attached hydrogens (tertiary/aromatic N) is 1. The zero-order chi connectivity index (χ0) is 28.6. The molecule has 0 bridgehead atoms. The molecule has 0 radical (unpaired) electrons. The van der Waals surface area contributed by atoms with Crippen LogP contribution in [0, 0.1) is 17.3 Å². The fourth-order valence-corrected chi connectivity index (χ4v) is 9.12. The van der Waals surface area contributed by atoms with Crippen LogP contribution >= 0.6 is 0 Å². The second-order valence-corrected chi connectivity index (χ2v) is 13.2. The molecule has 41 heavy (non-hydrogen) atoms. The van der Waals surface area contributed by atoms with Crippen molar-refractivity contribution in [2.75, 3.05) is 32.8 Å². The minimum Gasteiger partial charge on any atom is -0.508 e. The zero-order valence-corrected chi connectivity index (χ0v) is 24.3. The van der Waals surface area contributed by atoms with E-state index < -0.39 is 11.8 Å². The standard InChI is InChI=1S/C34H45NO6/c1-33-22-29(23-5-9-26(10-6-23)40-20-18-35-16-3-2-4-17-35)31-27-12-8-25(36)21-24(27)7-11-28(31)30(33)13-14-34(33,39)15-19-41-32(37)38/h5-6,8-10,12,21,28-31,36,39H,2-4,7,11,13-20,22H2,1H3,(H,37,38)/t28-,29+,30-,31+,33-,34+/m0/s1. The molecule has 1 aliphatic heterocycles. The first-order chi connectivity index (χ1) is 19.8. The molecule has 0 unspecified atom stereocenters. The molecule has 7 heteroatoms. The average molecular weight is 564 g/mol. The van der Waals surface area contributed by atoms with Gasteiger partial charge in [0.25, 0.3) is 0 Å². The minimum absolute atomic E-state index is 0.0124. The van der Waals surface area contributed by atoms with Gasteiger partial charge in [0.2, 0.25) is 0 Å². The third-order valence-electron chi connectivity index (χ3n) is 11.2. The summed E-state index contributed by atoms with van der Waals surface area (Å²) < 4.78 is 11.0. The van der Waals surface area contributed by atoms with Gasteiger partial charge < -0.3 is 24.8 Å². The van der Waals surface area contributed by atoms with Gasteiger partial charge in [0, 0.05) is 18.4 Å². The molecule has 222 valence electrons. The molecule has 4 aliphatic rings. The van der Waals surface area contributed by atoms with E-state index in [9.17, 15) is 15.0 Å². The SMILES string of the molecule is C[C@]12C[C@H](c3ccc(OCCN4CCCCC4)cc3)[C@@H]3c4ccc(O)cc4CC[C@H]3[C@@H]1CC[C@@]2(O)CCOC(=O)O. The van der Waals surface area contributed by atoms with Crippen molar-refractivity contribution < 1.29 is 29.6 Å². The average Bonchev–Trinajstić information content (AvgIpc) is 3.23. The van der Waals surface area contributed by atoms with E-state index in [4.69, 9.17) is 14.6 Å². The lowest BCUT2D eigenvalue weighted by Crippen LogP contribution is -2.53. The van der Waals surface area contributed by atoms with E-state index in [0.717, 1.165) is 38.0 Å². The molecule has 1 saturated heterocycles. The number of rotatable bonds is 8. The van der Waals surface area contributed by atoms with Crippen LogP contribution in [0.4, 0.5) is 4.79 Å². The highest BCUT2D eigenvalue weighted by Gasteiger charge is 2.63. The molecule has 3 aliphatic carbocycles. The van der Waals surface area contributed by atoms with Crippen molar-refractivity contribution in [2.45, 2.75) is 82.1 Å². The van der Waals surface area contributed by atoms with Crippen LogP contribution in [-0.4, -0.2) is 64.8 Å². The first-order valence-electron chi connectivity index (χ1n) is 15.6. The number of fused-ring (bicyclic) bond motifs is 5. The number of benzene rings is 2. The summed E-state index contributed by atoms with van der Waals surface area (Å²) in [4.78, 5) is 13.5. The summed E-state index contributed by atoms with van der Waals surface area (Å²) in [5.41, 5.74) is 2.50. The van der Waals surface area contributed by atoms with Crippen LogP contribution in [0.25, 0.3) is 0 Å². The number of carboxylic acid groups (broad SMARTS) is 1. The summed E-state index contributed by atoms with van der Waals surface area (Å²) in [6.07, 6.45) is 7.30. The molecule has 0 amide bonds. The smallest absolute Gasteiger partial charge is 0.505 e. The quantitative estimate of drug-likeness (QED) is 0.323. The Balaban J connectivity index is 1.26. The van der Waals surface area contributed by atoms with Crippen LogP contribution in [0.15, 0.2) is 42.5 Å². The first-order valence-corrected chi connectivity index (χ1v) is 15.6. The van der Waals surface area contributed by atoms with Crippen molar-refractivity contribution in [3.63, 3.8) is 0 Å². The number of aromatic hydroxyl groups is 1. The lowest BCUT2D eigenvalue weighted by molar-refractivity contribution is -0.119. The number of piperidine rings is 1. The molecule has 7 nitrogen and oxygen atoms in total. The second-order valence-electron chi connectivity index (χ2n) is 13.2. The molecule has 2 saturated carbocycles. The van der Waals surface area contributed by atoms with Crippen LogP contribution in [0.3, 0.4) is 0 Å². The van der Waals surface area contributed by atoms with Crippen LogP contribution in [0.5, 0.6) is 11.5 Å². The van der Waals surface area contributed by atoms with Crippen molar-refractivity contribution in [1.82, 2.24) is 4.90 Å². The Morgan fingerprint density at radius 3 is 2.59 bits per heavy atom. The highest BCUT2D eigenvalue weighted by molar-refractivity contribution is 5.56. The van der Waals surface area contributed by atoms with Gasteiger partial charge in [-0.3, -0.25) is 4.90 Å². The molecular weight excluding hydrogens is 518 g/mol. The summed E-state index contributed by atoms with van der Waals surface area (Å²) in [6, 6.07) is 14.5. The Morgan fingerprint density at radius 1 is 1.05 bits per heavy atom. The Morgan fingerprint density at radius 2 is 1.83 bits per heavy atom. The number of phenols is 1. The summed E-state index contributed by atoms with van der Waals surface area (Å²) >= 11 is 0. The Kier molecular flexibility index (Phi) is 7.94. The second kappa shape index (κ2) is 11.5. The normalized spacial score (nSPS) is 32.9. The molecule has 2 aromatic carbocycles. The molecule has 0 spiro atoms. The number of carbonyl (C=O) groups is 1. The van der Waals surface area contributed by atoms with Gasteiger partial charge in [-0.25, -0.2) is 4.79 Å². The fraction of sp³-hybridized carbons (Fsp3) is 0.618. The van der Waals surface area contributed by atoms with Crippen LogP contribution < -0.4 is 4.74 Å². The van der Waals surface area contributed by atoms with E-state index in [2.05, 4.69) is 42.2 Å². The highest BCUT2D eigenvalue weighted by atomic mass is 16.7. The van der Waals surface area contributed by atoms with E-state index in [-0.39, 0.29) is 17.9 Å². The molecule has 3 fully saturated rings. The third-order valence-corrected chi connectivity index (χ3v) is 11.2. The van der Waals surface area contributed by atoms with Gasteiger partial charge in [-0.05, 0) is 123 Å². The topological polar surface area (TPSA) is 99.5 Å². The lowest BCUT2D eigenvalue weighted by atomic mass is 9.49. The van der Waals surface area contributed by atoms with E-state index in [1.165, 1.54) is 49.0 Å². The van der Waals surface area contributed by atoms with E-state index in [1.807, 2.05) is 12.1 Å². The Hall–Kier alpha value is -2.77. The minimum atomic E-state index is -1.29. The summed E-state index contributed by atoms with van der Waals surface area (Å²) in [6.45, 7) is 6.23. The molecule has 6 atom stereocenters. The highest BCUT2D eigenvalue weighted by Crippen LogP contribution is 2.68. The monoisotopic (exact) mass is 563 g/mol. The summed E-state index contributed by atoms with van der Waals surface area (Å²) in [7, 11) is 0. The number of hydrogen-bond acceptors (Lipinski definition) is 6. The molecule has 2 aromatic rings. The van der Waals surface area contributed by atoms with Crippen LogP contribution in [-0.2, 0) is 11.2 Å². The maximum Gasteiger partial charge on any atom is 0.505 e. The maximum absolute atomic E-state index is 12.1. The molecular formula is C34H45NO6. The number of aliphatic hydroxyl groups is 1. The van der Waals surface area contributed by atoms with Gasteiger partial charge in [0.05, 0.1) is 12.2 Å². The van der Waals surface area contributed by atoms with E-state index in [0.29, 0.717) is 43.0 Å². The van der Waals surface area contributed by atoms with Crippen molar-refractivity contribution >= 4 is 6.16 Å². The number of hydrogen-bond donors (Lipinski definition) is 3. The van der Waals surface area contributed by atoms with Crippen LogP contribution in [0.1, 0.15) is 86.8 Å². The maximum atomic E-state index is 12.1. The Bertz CT molecular complexity index is 1230. The predicted molar refractivity (Wildman–Crippen MR) is 157 cm³/mol. The van der Waals surface area contributed by atoms with Crippen LogP contribution in [0.2, 0.25) is 0 Å². The number of phenolic OH excluding ortho intramolecular Hbond substituents is 1. The fourth-order valence-electron chi connectivity index (χ4n) is 9.12. The summed E-state index contributed by atoms with van der Waals surface area (Å²) in [5, 5.41) is 31.3. The van der Waals surface area contributed by atoms with Crippen molar-refractivity contribution in [1.29, 1.82) is 0 Å². The summed E-state index contributed by atoms with van der Waals surface area (Å²) in [5.74, 6) is 2.46. The van der Waals surface area contributed by atoms with Gasteiger partial charge in [-0.1, -0.05) is 31.5 Å². The predicted octanol–water partition coefficient (Wildman–Crippen LogP) is 6.32. The third kappa shape index (κ3) is 5.43. The largest absolute Gasteiger partial charge is 0.508 e. The van der Waals surface area contributed by atoms with Gasteiger partial charge in [0.1, 0.15) is 18.1 Å². The van der Waals surface area contributed by atoms with Crippen molar-refractivity contribution in [2.24, 2.45) is 17.3 Å². The van der Waals surface area contributed by atoms with Gasteiger partial charge in [-0.2, -0.15) is 0 Å².